The van der Waals surface area contributed by atoms with E-state index in [1.165, 1.54) is 35.4 Å². The fraction of sp³-hybridized carbons (Fsp3) is 0.312. The number of rotatable bonds is 6. The monoisotopic (exact) mass is 375 g/mol. The highest BCUT2D eigenvalue weighted by Crippen LogP contribution is 2.19. The second kappa shape index (κ2) is 7.08. The number of aromatic hydroxyl groups is 1. The summed E-state index contributed by atoms with van der Waals surface area (Å²) in [5, 5.41) is 16.4. The van der Waals surface area contributed by atoms with Crippen LogP contribution in [0.3, 0.4) is 0 Å². The van der Waals surface area contributed by atoms with E-state index in [-0.39, 0.29) is 18.1 Å². The average Bonchev–Trinajstić information content (AvgIpc) is 3.24. The lowest BCUT2D eigenvalue weighted by molar-refractivity contribution is 0.0984. The lowest BCUT2D eigenvalue weighted by Crippen LogP contribution is -2.30. The number of nitrogens with zero attached hydrogens (tertiary/aromatic N) is 5. The Kier molecular flexibility index (Phi) is 4.85. The molecule has 26 heavy (non-hydrogen) atoms. The predicted molar refractivity (Wildman–Crippen MR) is 94.6 cm³/mol. The highest BCUT2D eigenvalue weighted by atomic mass is 32.1. The van der Waals surface area contributed by atoms with Gasteiger partial charge in [0.25, 0.3) is 5.56 Å². The summed E-state index contributed by atoms with van der Waals surface area (Å²) in [7, 11) is 3.23. The first-order valence-electron chi connectivity index (χ1n) is 7.70. The van der Waals surface area contributed by atoms with Crippen LogP contribution in [-0.4, -0.2) is 37.6 Å². The molecular weight excluding hydrogens is 358 g/mol. The van der Waals surface area contributed by atoms with Gasteiger partial charge in [0.2, 0.25) is 11.7 Å². The molecule has 0 saturated heterocycles. The zero-order valence-electron chi connectivity index (χ0n) is 14.5. The molecule has 0 amide bonds. The second-order valence-electron chi connectivity index (χ2n) is 5.84. The molecule has 3 heterocycles. The van der Waals surface area contributed by atoms with Gasteiger partial charge in [-0.1, -0.05) is 5.16 Å². The molecule has 3 aromatic heterocycles. The molecule has 10 heteroatoms. The Bertz CT molecular complexity index is 993. The topological polar surface area (TPSA) is 114 Å². The molecule has 0 atom stereocenters. The van der Waals surface area contributed by atoms with Crippen LogP contribution in [-0.2, 0) is 20.0 Å². The van der Waals surface area contributed by atoms with Crippen molar-refractivity contribution in [3.63, 3.8) is 0 Å². The molecule has 0 radical (unpaired) electrons. The molecule has 1 N–H and O–H groups in total. The van der Waals surface area contributed by atoms with Crippen molar-refractivity contribution in [2.75, 3.05) is 11.9 Å². The number of hydrogen-bond donors (Lipinski definition) is 1. The summed E-state index contributed by atoms with van der Waals surface area (Å²) in [6, 6.07) is 0. The van der Waals surface area contributed by atoms with E-state index in [2.05, 4.69) is 19.6 Å². The Morgan fingerprint density at radius 1 is 1.42 bits per heavy atom. The number of Topliss-reactive ketones (excluding diaryl/α,β-unsaturated/α-hetero) is 1. The molecule has 0 aromatic carbocycles. The van der Waals surface area contributed by atoms with Crippen LogP contribution in [0.2, 0.25) is 0 Å². The molecule has 136 valence electrons. The highest BCUT2D eigenvalue weighted by Gasteiger charge is 2.22. The van der Waals surface area contributed by atoms with Crippen molar-refractivity contribution < 1.29 is 14.4 Å². The maximum Gasteiger partial charge on any atom is 0.297 e. The van der Waals surface area contributed by atoms with Gasteiger partial charge in [0.1, 0.15) is 11.3 Å². The number of aromatic nitrogens is 4. The zero-order chi connectivity index (χ0) is 18.8. The van der Waals surface area contributed by atoms with Crippen LogP contribution in [0.25, 0.3) is 0 Å². The van der Waals surface area contributed by atoms with E-state index in [0.717, 1.165) is 10.7 Å². The van der Waals surface area contributed by atoms with E-state index < -0.39 is 17.1 Å². The summed E-state index contributed by atoms with van der Waals surface area (Å²) in [4.78, 5) is 35.1. The van der Waals surface area contributed by atoms with Crippen LogP contribution in [0, 0.1) is 6.92 Å². The van der Waals surface area contributed by atoms with E-state index in [1.807, 2.05) is 12.3 Å². The largest absolute Gasteiger partial charge is 0.501 e. The van der Waals surface area contributed by atoms with E-state index in [1.54, 1.807) is 11.9 Å². The molecule has 0 saturated carbocycles. The maximum atomic E-state index is 12.5. The van der Waals surface area contributed by atoms with Crippen LogP contribution in [0.15, 0.2) is 27.2 Å². The molecule has 3 aromatic rings. The van der Waals surface area contributed by atoms with Gasteiger partial charge in [-0.3, -0.25) is 14.2 Å². The summed E-state index contributed by atoms with van der Waals surface area (Å²) >= 11 is 1.50. The van der Waals surface area contributed by atoms with Crippen molar-refractivity contribution in [1.29, 1.82) is 0 Å². The van der Waals surface area contributed by atoms with E-state index >= 15 is 0 Å². The van der Waals surface area contributed by atoms with E-state index in [4.69, 9.17) is 0 Å². The molecule has 9 nitrogen and oxygen atoms in total. The van der Waals surface area contributed by atoms with Gasteiger partial charge in [-0.25, -0.2) is 9.97 Å². The van der Waals surface area contributed by atoms with Crippen LogP contribution in [0.1, 0.15) is 26.8 Å². The molecule has 3 rings (SSSR count). The van der Waals surface area contributed by atoms with Crippen LogP contribution >= 0.6 is 11.3 Å². The van der Waals surface area contributed by atoms with Crippen molar-refractivity contribution in [2.45, 2.75) is 19.9 Å². The van der Waals surface area contributed by atoms with Gasteiger partial charge in [0, 0.05) is 37.2 Å². The van der Waals surface area contributed by atoms with Crippen molar-refractivity contribution in [2.24, 2.45) is 7.05 Å². The van der Waals surface area contributed by atoms with Gasteiger partial charge < -0.3 is 14.5 Å². The van der Waals surface area contributed by atoms with Gasteiger partial charge in [-0.2, -0.15) is 0 Å². The molecule has 0 unspecified atom stereocenters. The first-order chi connectivity index (χ1) is 12.4. The normalized spacial score (nSPS) is 10.9. The highest BCUT2D eigenvalue weighted by molar-refractivity contribution is 7.09. The lowest BCUT2D eigenvalue weighted by Gasteiger charge is -2.20. The summed E-state index contributed by atoms with van der Waals surface area (Å²) in [6.07, 6.45) is 2.65. The third-order valence-electron chi connectivity index (χ3n) is 3.74. The Hall–Kier alpha value is -3.01. The third-order valence-corrected chi connectivity index (χ3v) is 4.69. The fourth-order valence-corrected chi connectivity index (χ4v) is 3.27. The van der Waals surface area contributed by atoms with Gasteiger partial charge in [-0.15, -0.1) is 11.3 Å². The van der Waals surface area contributed by atoms with Crippen molar-refractivity contribution in [1.82, 2.24) is 19.7 Å². The standard InChI is InChI=1S/C16H17N5O4S/c1-9-8-26-12(18-9)6-20(2)16-19-13(14(23)15(24)21(16)3)11(22)4-10-5-17-25-7-10/h5,7-8,23H,4,6H2,1-3H3. The molecule has 0 aliphatic heterocycles. The molecular formula is C16H17N5O4S. The number of carbonyl (C=O) groups is 1. The SMILES string of the molecule is Cc1csc(CN(C)c2nc(C(=O)Cc3cnoc3)c(O)c(=O)n2C)n1. The molecule has 0 spiro atoms. The number of carbonyl (C=O) groups excluding carboxylic acids is 1. The van der Waals surface area contributed by atoms with Crippen molar-refractivity contribution >= 4 is 23.1 Å². The molecule has 0 bridgehead atoms. The van der Waals surface area contributed by atoms with Crippen LogP contribution < -0.4 is 10.5 Å². The number of thiazole rings is 1. The number of anilines is 1. The third kappa shape index (κ3) is 3.49. The molecule has 0 aliphatic carbocycles. The average molecular weight is 375 g/mol. The molecule has 0 aliphatic rings. The minimum atomic E-state index is -0.689. The Labute approximate surface area is 152 Å². The van der Waals surface area contributed by atoms with Crippen molar-refractivity contribution in [3.05, 3.63) is 50.2 Å². The van der Waals surface area contributed by atoms with Crippen LogP contribution in [0.5, 0.6) is 5.75 Å². The zero-order valence-corrected chi connectivity index (χ0v) is 15.3. The summed E-state index contributed by atoms with van der Waals surface area (Å²) in [6.45, 7) is 2.32. The van der Waals surface area contributed by atoms with Gasteiger partial charge in [0.05, 0.1) is 12.7 Å². The Morgan fingerprint density at radius 3 is 2.81 bits per heavy atom. The van der Waals surface area contributed by atoms with Crippen LogP contribution in [0.4, 0.5) is 5.95 Å². The first-order valence-corrected chi connectivity index (χ1v) is 8.58. The van der Waals surface area contributed by atoms with E-state index in [0.29, 0.717) is 12.1 Å². The quantitative estimate of drug-likeness (QED) is 0.641. The maximum absolute atomic E-state index is 12.5. The number of aryl methyl sites for hydroxylation is 1. The second-order valence-corrected chi connectivity index (χ2v) is 6.79. The summed E-state index contributed by atoms with van der Waals surface area (Å²) in [5.41, 5.74) is 0.484. The fourth-order valence-electron chi connectivity index (χ4n) is 2.45. The van der Waals surface area contributed by atoms with Gasteiger partial charge in [-0.05, 0) is 6.92 Å². The minimum absolute atomic E-state index is 0.0773. The Balaban J connectivity index is 1.93. The minimum Gasteiger partial charge on any atom is -0.501 e. The van der Waals surface area contributed by atoms with Crippen molar-refractivity contribution in [3.8, 4) is 5.75 Å². The number of hydrogen-bond acceptors (Lipinski definition) is 9. The Morgan fingerprint density at radius 2 is 2.19 bits per heavy atom. The van der Waals surface area contributed by atoms with Gasteiger partial charge in [0.15, 0.2) is 11.5 Å². The van der Waals surface area contributed by atoms with E-state index in [9.17, 15) is 14.7 Å². The smallest absolute Gasteiger partial charge is 0.297 e. The lowest BCUT2D eigenvalue weighted by atomic mass is 10.1. The first kappa shape index (κ1) is 17.8. The summed E-state index contributed by atoms with van der Waals surface area (Å²) in [5.74, 6) is -0.909. The molecule has 0 fully saturated rings. The predicted octanol–water partition coefficient (Wildman–Crippen LogP) is 1.30. The summed E-state index contributed by atoms with van der Waals surface area (Å²) < 4.78 is 5.89. The van der Waals surface area contributed by atoms with Gasteiger partial charge >= 0.3 is 0 Å². The number of ketones is 1.